The van der Waals surface area contributed by atoms with Crippen LogP contribution in [0, 0.1) is 0 Å². The van der Waals surface area contributed by atoms with Crippen molar-refractivity contribution >= 4 is 32.9 Å². The van der Waals surface area contributed by atoms with E-state index in [1.165, 1.54) is 9.78 Å². The molecule has 0 aliphatic heterocycles. The lowest BCUT2D eigenvalue weighted by Gasteiger charge is -2.16. The molecule has 1 unspecified atom stereocenters. The van der Waals surface area contributed by atoms with Crippen molar-refractivity contribution in [3.63, 3.8) is 0 Å². The molecule has 0 bridgehead atoms. The van der Waals surface area contributed by atoms with Crippen molar-refractivity contribution in [3.8, 4) is 0 Å². The van der Waals surface area contributed by atoms with E-state index < -0.39 is 0 Å². The third kappa shape index (κ3) is 3.45. The van der Waals surface area contributed by atoms with Crippen molar-refractivity contribution < 1.29 is 4.90 Å². The summed E-state index contributed by atoms with van der Waals surface area (Å²) in [7, 11) is 0. The molecule has 22 heavy (non-hydrogen) atoms. The van der Waals surface area contributed by atoms with Gasteiger partial charge in [0, 0.05) is 16.7 Å². The van der Waals surface area contributed by atoms with Crippen LogP contribution < -0.4 is 10.5 Å². The highest BCUT2D eigenvalue weighted by Crippen LogP contribution is 2.09. The Balaban J connectivity index is 1.86. The summed E-state index contributed by atoms with van der Waals surface area (Å²) in [5.41, 5.74) is 1.51. The molecule has 0 saturated heterocycles. The minimum absolute atomic E-state index is 0.0344. The summed E-state index contributed by atoms with van der Waals surface area (Å²) in [5, 5.41) is 2.10. The van der Waals surface area contributed by atoms with Gasteiger partial charge in [0.15, 0.2) is 0 Å². The molecule has 3 rings (SSSR count). The molecule has 0 aromatic carbocycles. The average Bonchev–Trinajstić information content (AvgIpc) is 3.00. The molecule has 0 fully saturated rings. The highest BCUT2D eigenvalue weighted by Gasteiger charge is 2.12. The molecule has 3 aromatic heterocycles. The molecule has 6 heteroatoms. The molecule has 1 atom stereocenters. The SMILES string of the molecule is CC[NH+](Cc1cc(=O)n2cc(Br)ccc2n1)Cc1cccs1. The second-order valence-electron chi connectivity index (χ2n) is 5.20. The maximum Gasteiger partial charge on any atom is 0.258 e. The Morgan fingerprint density at radius 3 is 2.91 bits per heavy atom. The summed E-state index contributed by atoms with van der Waals surface area (Å²) in [6, 6.07) is 9.64. The van der Waals surface area contributed by atoms with Crippen LogP contribution in [0.3, 0.4) is 0 Å². The van der Waals surface area contributed by atoms with Crippen LogP contribution in [-0.4, -0.2) is 15.9 Å². The Morgan fingerprint density at radius 2 is 2.18 bits per heavy atom. The predicted molar refractivity (Wildman–Crippen MR) is 92.4 cm³/mol. The van der Waals surface area contributed by atoms with Crippen LogP contribution in [0.25, 0.3) is 5.65 Å². The van der Waals surface area contributed by atoms with E-state index in [0.29, 0.717) is 5.65 Å². The first-order valence-electron chi connectivity index (χ1n) is 7.19. The van der Waals surface area contributed by atoms with E-state index in [0.717, 1.165) is 29.8 Å². The van der Waals surface area contributed by atoms with E-state index in [1.807, 2.05) is 12.1 Å². The topological polar surface area (TPSA) is 38.8 Å². The Labute approximate surface area is 141 Å². The number of hydrogen-bond donors (Lipinski definition) is 1. The van der Waals surface area contributed by atoms with Crippen LogP contribution in [-0.2, 0) is 13.1 Å². The largest absolute Gasteiger partial charge is 0.326 e. The lowest BCUT2D eigenvalue weighted by Crippen LogP contribution is -3.09. The molecule has 3 aromatic rings. The first kappa shape index (κ1) is 15.4. The van der Waals surface area contributed by atoms with E-state index in [-0.39, 0.29) is 5.56 Å². The number of nitrogens with one attached hydrogen (secondary N) is 1. The van der Waals surface area contributed by atoms with Crippen molar-refractivity contribution in [2.75, 3.05) is 6.54 Å². The molecule has 0 saturated carbocycles. The van der Waals surface area contributed by atoms with E-state index >= 15 is 0 Å². The quantitative estimate of drug-likeness (QED) is 0.738. The molecule has 1 N–H and O–H groups in total. The third-order valence-electron chi connectivity index (χ3n) is 3.61. The van der Waals surface area contributed by atoms with E-state index in [1.54, 1.807) is 28.0 Å². The Morgan fingerprint density at radius 1 is 1.32 bits per heavy atom. The molecule has 0 spiro atoms. The Hall–Kier alpha value is -1.50. The molecule has 0 radical (unpaired) electrons. The fraction of sp³-hybridized carbons (Fsp3) is 0.250. The van der Waals surface area contributed by atoms with Gasteiger partial charge in [0.2, 0.25) is 0 Å². The number of hydrogen-bond acceptors (Lipinski definition) is 3. The normalized spacial score (nSPS) is 12.6. The minimum atomic E-state index is -0.0344. The third-order valence-corrected chi connectivity index (χ3v) is 4.96. The fourth-order valence-electron chi connectivity index (χ4n) is 2.44. The number of halogens is 1. The molecular weight excluding hydrogens is 362 g/mol. The smallest absolute Gasteiger partial charge is 0.258 e. The minimum Gasteiger partial charge on any atom is -0.326 e. The first-order chi connectivity index (χ1) is 10.7. The number of pyridine rings is 1. The van der Waals surface area contributed by atoms with Gasteiger partial charge in [-0.3, -0.25) is 9.20 Å². The van der Waals surface area contributed by atoms with E-state index in [9.17, 15) is 4.79 Å². The predicted octanol–water partition coefficient (Wildman–Crippen LogP) is 2.12. The van der Waals surface area contributed by atoms with Crippen LogP contribution in [0.2, 0.25) is 0 Å². The van der Waals surface area contributed by atoms with E-state index in [2.05, 4.69) is 45.4 Å². The van der Waals surface area contributed by atoms with Crippen molar-refractivity contribution in [1.29, 1.82) is 0 Å². The van der Waals surface area contributed by atoms with Gasteiger partial charge in [-0.05, 0) is 46.4 Å². The number of rotatable bonds is 5. The van der Waals surface area contributed by atoms with Gasteiger partial charge in [-0.1, -0.05) is 6.07 Å². The van der Waals surface area contributed by atoms with Gasteiger partial charge >= 0.3 is 0 Å². The molecule has 3 heterocycles. The van der Waals surface area contributed by atoms with Gasteiger partial charge in [0.25, 0.3) is 5.56 Å². The number of quaternary nitrogens is 1. The van der Waals surface area contributed by atoms with Gasteiger partial charge < -0.3 is 4.90 Å². The molecular formula is C16H17BrN3OS+. The summed E-state index contributed by atoms with van der Waals surface area (Å²) in [6.07, 6.45) is 1.75. The second kappa shape index (κ2) is 6.73. The van der Waals surface area contributed by atoms with Crippen LogP contribution in [0.15, 0.2) is 51.2 Å². The van der Waals surface area contributed by atoms with Gasteiger partial charge in [0.05, 0.1) is 11.4 Å². The molecule has 0 amide bonds. The maximum absolute atomic E-state index is 12.2. The zero-order valence-electron chi connectivity index (χ0n) is 12.3. The van der Waals surface area contributed by atoms with Crippen LogP contribution in [0.5, 0.6) is 0 Å². The summed E-state index contributed by atoms with van der Waals surface area (Å²) in [5.74, 6) is 0. The standard InChI is InChI=1S/C16H16BrN3OS/c1-2-19(11-14-4-3-7-22-14)10-13-8-16(21)20-9-12(17)5-6-15(20)18-13/h3-9H,2,10-11H2,1H3/p+1. The molecule has 0 aliphatic carbocycles. The van der Waals surface area contributed by atoms with Crippen molar-refractivity contribution in [2.24, 2.45) is 0 Å². The molecule has 114 valence electrons. The van der Waals surface area contributed by atoms with Gasteiger partial charge in [0.1, 0.15) is 24.4 Å². The monoisotopic (exact) mass is 378 g/mol. The molecule has 0 aliphatic rings. The maximum atomic E-state index is 12.2. The Kier molecular flexibility index (Phi) is 4.71. The molecule has 4 nitrogen and oxygen atoms in total. The fourth-order valence-corrected chi connectivity index (χ4v) is 3.56. The summed E-state index contributed by atoms with van der Waals surface area (Å²) in [4.78, 5) is 19.6. The van der Waals surface area contributed by atoms with Gasteiger partial charge in [-0.2, -0.15) is 0 Å². The summed E-state index contributed by atoms with van der Waals surface area (Å²) in [6.45, 7) is 4.89. The lowest BCUT2D eigenvalue weighted by molar-refractivity contribution is -0.925. The van der Waals surface area contributed by atoms with Crippen molar-refractivity contribution in [3.05, 3.63) is 67.3 Å². The van der Waals surface area contributed by atoms with E-state index in [4.69, 9.17) is 0 Å². The lowest BCUT2D eigenvalue weighted by atomic mass is 10.3. The Bertz CT molecular complexity index is 829. The first-order valence-corrected chi connectivity index (χ1v) is 8.87. The van der Waals surface area contributed by atoms with Crippen molar-refractivity contribution in [2.45, 2.75) is 20.0 Å². The van der Waals surface area contributed by atoms with Crippen LogP contribution >= 0.6 is 27.3 Å². The summed E-state index contributed by atoms with van der Waals surface area (Å²) < 4.78 is 2.44. The van der Waals surface area contributed by atoms with Gasteiger partial charge in [-0.25, -0.2) is 4.98 Å². The number of nitrogens with zero attached hydrogens (tertiary/aromatic N) is 2. The number of thiophene rings is 1. The van der Waals surface area contributed by atoms with Gasteiger partial charge in [-0.15, -0.1) is 11.3 Å². The zero-order valence-corrected chi connectivity index (χ0v) is 14.7. The zero-order chi connectivity index (χ0) is 15.5. The highest BCUT2D eigenvalue weighted by molar-refractivity contribution is 9.10. The van der Waals surface area contributed by atoms with Crippen molar-refractivity contribution in [1.82, 2.24) is 9.38 Å². The highest BCUT2D eigenvalue weighted by atomic mass is 79.9. The van der Waals surface area contributed by atoms with Crippen LogP contribution in [0.4, 0.5) is 0 Å². The van der Waals surface area contributed by atoms with Crippen LogP contribution in [0.1, 0.15) is 17.5 Å². The average molecular weight is 379 g/mol. The number of fused-ring (bicyclic) bond motifs is 1. The second-order valence-corrected chi connectivity index (χ2v) is 7.15. The summed E-state index contributed by atoms with van der Waals surface area (Å²) >= 11 is 5.15. The number of aromatic nitrogens is 2.